The summed E-state index contributed by atoms with van der Waals surface area (Å²) < 4.78 is 11.5. The Morgan fingerprint density at radius 2 is 2.00 bits per heavy atom. The Kier molecular flexibility index (Phi) is 5.93. The van der Waals surface area contributed by atoms with Crippen molar-refractivity contribution in [2.75, 3.05) is 18.3 Å². The van der Waals surface area contributed by atoms with E-state index in [1.807, 2.05) is 50.2 Å². The van der Waals surface area contributed by atoms with Crippen LogP contribution in [0.1, 0.15) is 22.3 Å². The minimum Gasteiger partial charge on any atom is -0.496 e. The summed E-state index contributed by atoms with van der Waals surface area (Å²) in [5, 5.41) is 6.61. The number of nitrogens with two attached hydrogens (primary N) is 1. The molecule has 0 aliphatic rings. The molecule has 7 heteroatoms. The molecule has 0 saturated heterocycles. The van der Waals surface area contributed by atoms with E-state index in [0.717, 1.165) is 33.8 Å². The van der Waals surface area contributed by atoms with Crippen molar-refractivity contribution in [2.24, 2.45) is 5.10 Å². The highest BCUT2D eigenvalue weighted by molar-refractivity contribution is 7.14. The smallest absolute Gasteiger partial charge is 0.205 e. The van der Waals surface area contributed by atoms with Crippen molar-refractivity contribution >= 4 is 28.5 Å². The first-order valence-corrected chi connectivity index (χ1v) is 9.31. The molecule has 0 aliphatic heterocycles. The number of nitrogens with one attached hydrogen (secondary N) is 1. The van der Waals surface area contributed by atoms with Gasteiger partial charge in [-0.1, -0.05) is 18.2 Å². The second kappa shape index (κ2) is 8.55. The second-order valence-corrected chi connectivity index (χ2v) is 6.89. The molecule has 0 amide bonds. The standard InChI is InChI=1S/C20H22N4O2S/c1-13-5-4-6-14(2)19(13)26-11-16-9-15(7-8-17(16)25-3)10-22-24-20-23-18(21)12-27-20/h4-10,12H,11,21H2,1-3H3,(H,23,24). The molecule has 0 spiro atoms. The van der Waals surface area contributed by atoms with Crippen LogP contribution >= 0.6 is 11.3 Å². The Balaban J connectivity index is 1.73. The molecule has 0 saturated carbocycles. The van der Waals surface area contributed by atoms with Crippen LogP contribution < -0.4 is 20.6 Å². The highest BCUT2D eigenvalue weighted by Gasteiger charge is 2.08. The summed E-state index contributed by atoms with van der Waals surface area (Å²) in [6.07, 6.45) is 1.72. The molecule has 140 valence electrons. The number of aryl methyl sites for hydroxylation is 2. The maximum Gasteiger partial charge on any atom is 0.205 e. The van der Waals surface area contributed by atoms with Gasteiger partial charge in [-0.25, -0.2) is 4.98 Å². The van der Waals surface area contributed by atoms with Gasteiger partial charge in [0.1, 0.15) is 23.9 Å². The molecule has 0 aliphatic carbocycles. The topological polar surface area (TPSA) is 81.8 Å². The fraction of sp³-hybridized carbons (Fsp3) is 0.200. The summed E-state index contributed by atoms with van der Waals surface area (Å²) in [5.74, 6) is 2.16. The molecule has 1 heterocycles. The monoisotopic (exact) mass is 382 g/mol. The van der Waals surface area contributed by atoms with Crippen LogP contribution in [-0.4, -0.2) is 18.3 Å². The summed E-state index contributed by atoms with van der Waals surface area (Å²) in [6.45, 7) is 4.49. The third kappa shape index (κ3) is 4.77. The van der Waals surface area contributed by atoms with Crippen LogP contribution in [0.25, 0.3) is 0 Å². The summed E-state index contributed by atoms with van der Waals surface area (Å²) >= 11 is 1.40. The van der Waals surface area contributed by atoms with Crippen LogP contribution in [0.3, 0.4) is 0 Å². The summed E-state index contributed by atoms with van der Waals surface area (Å²) in [4.78, 5) is 4.10. The van der Waals surface area contributed by atoms with E-state index in [2.05, 4.69) is 15.5 Å². The van der Waals surface area contributed by atoms with Gasteiger partial charge in [-0.15, -0.1) is 11.3 Å². The lowest BCUT2D eigenvalue weighted by molar-refractivity contribution is 0.293. The number of hydrogen-bond acceptors (Lipinski definition) is 7. The van der Waals surface area contributed by atoms with E-state index in [9.17, 15) is 0 Å². The largest absolute Gasteiger partial charge is 0.496 e. The molecule has 0 atom stereocenters. The Morgan fingerprint density at radius 1 is 1.22 bits per heavy atom. The van der Waals surface area contributed by atoms with Crippen molar-refractivity contribution in [1.29, 1.82) is 0 Å². The molecule has 3 aromatic rings. The minimum absolute atomic E-state index is 0.410. The summed E-state index contributed by atoms with van der Waals surface area (Å²) in [5.41, 5.74) is 12.6. The van der Waals surface area contributed by atoms with E-state index in [4.69, 9.17) is 15.2 Å². The van der Waals surface area contributed by atoms with Gasteiger partial charge in [-0.05, 0) is 48.7 Å². The molecule has 0 fully saturated rings. The van der Waals surface area contributed by atoms with Crippen molar-refractivity contribution in [2.45, 2.75) is 20.5 Å². The van der Waals surface area contributed by atoms with Crippen LogP contribution in [0.15, 0.2) is 46.9 Å². The van der Waals surface area contributed by atoms with Crippen LogP contribution in [0, 0.1) is 13.8 Å². The average molecular weight is 382 g/mol. The van der Waals surface area contributed by atoms with E-state index in [-0.39, 0.29) is 0 Å². The number of ether oxygens (including phenoxy) is 2. The molecule has 0 bridgehead atoms. The van der Waals surface area contributed by atoms with Crippen LogP contribution in [0.4, 0.5) is 10.9 Å². The van der Waals surface area contributed by atoms with Gasteiger partial charge in [0, 0.05) is 10.9 Å². The van der Waals surface area contributed by atoms with E-state index in [1.54, 1.807) is 18.7 Å². The van der Waals surface area contributed by atoms with Gasteiger partial charge in [-0.3, -0.25) is 5.43 Å². The highest BCUT2D eigenvalue weighted by atomic mass is 32.1. The van der Waals surface area contributed by atoms with E-state index in [1.165, 1.54) is 11.3 Å². The summed E-state index contributed by atoms with van der Waals surface area (Å²) in [7, 11) is 1.65. The number of aromatic nitrogens is 1. The zero-order valence-corrected chi connectivity index (χ0v) is 16.3. The van der Waals surface area contributed by atoms with Crippen LogP contribution in [0.2, 0.25) is 0 Å². The molecule has 1 aromatic heterocycles. The van der Waals surface area contributed by atoms with Crippen molar-refractivity contribution in [3.8, 4) is 11.5 Å². The quantitative estimate of drug-likeness (QED) is 0.468. The van der Waals surface area contributed by atoms with Crippen molar-refractivity contribution < 1.29 is 9.47 Å². The maximum atomic E-state index is 6.07. The highest BCUT2D eigenvalue weighted by Crippen LogP contribution is 2.26. The maximum absolute atomic E-state index is 6.07. The van der Waals surface area contributed by atoms with Crippen LogP contribution in [-0.2, 0) is 6.61 Å². The Morgan fingerprint density at radius 3 is 2.67 bits per heavy atom. The SMILES string of the molecule is COc1ccc(C=NNc2nc(N)cs2)cc1COc1c(C)cccc1C. The van der Waals surface area contributed by atoms with Gasteiger partial charge in [0.2, 0.25) is 5.13 Å². The van der Waals surface area contributed by atoms with Gasteiger partial charge < -0.3 is 15.2 Å². The third-order valence-corrected chi connectivity index (χ3v) is 4.75. The number of thiazole rings is 1. The minimum atomic E-state index is 0.410. The lowest BCUT2D eigenvalue weighted by atomic mass is 10.1. The molecule has 0 radical (unpaired) electrons. The van der Waals surface area contributed by atoms with Gasteiger partial charge in [0.25, 0.3) is 0 Å². The number of anilines is 2. The molecule has 6 nitrogen and oxygen atoms in total. The fourth-order valence-electron chi connectivity index (χ4n) is 2.67. The number of nitrogens with zero attached hydrogens (tertiary/aromatic N) is 2. The average Bonchev–Trinajstić information content (AvgIpc) is 3.07. The molecule has 3 N–H and O–H groups in total. The predicted molar refractivity (Wildman–Crippen MR) is 111 cm³/mol. The van der Waals surface area contributed by atoms with Gasteiger partial charge in [0.15, 0.2) is 0 Å². The van der Waals surface area contributed by atoms with Crippen molar-refractivity contribution in [3.63, 3.8) is 0 Å². The number of nitrogen functional groups attached to an aromatic ring is 1. The van der Waals surface area contributed by atoms with E-state index >= 15 is 0 Å². The second-order valence-electron chi connectivity index (χ2n) is 6.03. The van der Waals surface area contributed by atoms with Gasteiger partial charge in [0.05, 0.1) is 13.3 Å². The number of rotatable bonds is 7. The van der Waals surface area contributed by atoms with E-state index < -0.39 is 0 Å². The normalized spacial score (nSPS) is 10.9. The first kappa shape index (κ1) is 18.7. The zero-order chi connectivity index (χ0) is 19.2. The lowest BCUT2D eigenvalue weighted by Crippen LogP contribution is -2.02. The van der Waals surface area contributed by atoms with E-state index in [0.29, 0.717) is 17.6 Å². The molecular formula is C20H22N4O2S. The molecule has 27 heavy (non-hydrogen) atoms. The molecule has 3 rings (SSSR count). The third-order valence-electron chi connectivity index (χ3n) is 3.98. The Hall–Kier alpha value is -3.06. The number of benzene rings is 2. The lowest BCUT2D eigenvalue weighted by Gasteiger charge is -2.14. The molecular weight excluding hydrogens is 360 g/mol. The number of para-hydroxylation sites is 1. The predicted octanol–water partition coefficient (Wildman–Crippen LogP) is 4.38. The molecule has 0 unspecified atom stereocenters. The number of hydrazone groups is 1. The Labute approximate surface area is 162 Å². The molecule has 2 aromatic carbocycles. The summed E-state index contributed by atoms with van der Waals surface area (Å²) in [6, 6.07) is 11.9. The first-order chi connectivity index (χ1) is 13.1. The fourth-order valence-corrected chi connectivity index (χ4v) is 3.22. The van der Waals surface area contributed by atoms with Gasteiger partial charge >= 0.3 is 0 Å². The van der Waals surface area contributed by atoms with Gasteiger partial charge in [-0.2, -0.15) is 5.10 Å². The number of methoxy groups -OCH3 is 1. The number of hydrogen-bond donors (Lipinski definition) is 2. The van der Waals surface area contributed by atoms with Crippen molar-refractivity contribution in [1.82, 2.24) is 4.98 Å². The zero-order valence-electron chi connectivity index (χ0n) is 15.5. The Bertz CT molecular complexity index is 933. The first-order valence-electron chi connectivity index (χ1n) is 8.43. The van der Waals surface area contributed by atoms with Crippen molar-refractivity contribution in [3.05, 3.63) is 64.0 Å². The van der Waals surface area contributed by atoms with Crippen LogP contribution in [0.5, 0.6) is 11.5 Å².